The zero-order valence-electron chi connectivity index (χ0n) is 43.8. The molecule has 2 aliphatic rings. The summed E-state index contributed by atoms with van der Waals surface area (Å²) in [6, 6.07) is -0.933. The van der Waals surface area contributed by atoms with Crippen LogP contribution in [0, 0.1) is 0 Å². The summed E-state index contributed by atoms with van der Waals surface area (Å²) < 4.78 is 22.6. The SMILES string of the molecule is CCCCCCCCCCCCCCCCCCCC/C=C/CC/C=C/CC/C=C/C(O)C(COC1OC(CO)C(OC2OC(CO)C(O)C(O)C2O)C(O)C1O)NC(=O)CCCCCCCCCC. The van der Waals surface area contributed by atoms with Crippen molar-refractivity contribution in [2.75, 3.05) is 19.8 Å². The second-order valence-corrected chi connectivity index (χ2v) is 20.1. The molecule has 2 heterocycles. The van der Waals surface area contributed by atoms with Crippen molar-refractivity contribution >= 4 is 5.91 Å². The third-order valence-electron chi connectivity index (χ3n) is 13.8. The molecule has 12 unspecified atom stereocenters. The molecule has 0 radical (unpaired) electrons. The number of hydrogen-bond donors (Lipinski definition) is 9. The van der Waals surface area contributed by atoms with Crippen LogP contribution in [0.1, 0.15) is 219 Å². The molecule has 0 bridgehead atoms. The number of rotatable bonds is 44. The van der Waals surface area contributed by atoms with Gasteiger partial charge in [0.2, 0.25) is 5.91 Å². The van der Waals surface area contributed by atoms with E-state index in [4.69, 9.17) is 18.9 Å². The lowest BCUT2D eigenvalue weighted by Gasteiger charge is -2.46. The highest BCUT2D eigenvalue weighted by molar-refractivity contribution is 5.76. The van der Waals surface area contributed by atoms with Crippen molar-refractivity contribution in [2.45, 2.75) is 293 Å². The minimum Gasteiger partial charge on any atom is -0.394 e. The monoisotopic (exact) mass is 998 g/mol. The number of unbranched alkanes of at least 4 members (excludes halogenated alkanes) is 27. The fourth-order valence-electron chi connectivity index (χ4n) is 9.21. The molecule has 1 amide bonds. The number of nitrogens with one attached hydrogen (secondary N) is 1. The number of amides is 1. The summed E-state index contributed by atoms with van der Waals surface area (Å²) in [5, 5.41) is 86.6. The Kier molecular flexibility index (Phi) is 39.1. The van der Waals surface area contributed by atoms with Gasteiger partial charge < -0.3 is 65.1 Å². The molecule has 12 atom stereocenters. The predicted octanol–water partition coefficient (Wildman–Crippen LogP) is 8.66. The van der Waals surface area contributed by atoms with Gasteiger partial charge in [-0.3, -0.25) is 4.79 Å². The fourth-order valence-corrected chi connectivity index (χ4v) is 9.21. The Labute approximate surface area is 423 Å². The Morgan fingerprint density at radius 3 is 1.40 bits per heavy atom. The molecule has 14 heteroatoms. The van der Waals surface area contributed by atoms with Gasteiger partial charge >= 0.3 is 0 Å². The molecular formula is C56H103NO13. The summed E-state index contributed by atoms with van der Waals surface area (Å²) in [4.78, 5) is 13.1. The number of aliphatic hydroxyl groups is 8. The largest absolute Gasteiger partial charge is 0.394 e. The first kappa shape index (κ1) is 64.3. The van der Waals surface area contributed by atoms with Gasteiger partial charge in [-0.2, -0.15) is 0 Å². The number of ether oxygens (including phenoxy) is 4. The van der Waals surface area contributed by atoms with Crippen molar-refractivity contribution in [1.29, 1.82) is 0 Å². The van der Waals surface area contributed by atoms with Crippen LogP contribution in [-0.2, 0) is 23.7 Å². The lowest BCUT2D eigenvalue weighted by atomic mass is 9.97. The summed E-state index contributed by atoms with van der Waals surface area (Å²) in [7, 11) is 0. The van der Waals surface area contributed by atoms with Crippen molar-refractivity contribution in [2.24, 2.45) is 0 Å². The van der Waals surface area contributed by atoms with Crippen LogP contribution in [0.25, 0.3) is 0 Å². The summed E-state index contributed by atoms with van der Waals surface area (Å²) in [5.41, 5.74) is 0. The Bertz CT molecular complexity index is 1320. The molecule has 0 saturated carbocycles. The number of aliphatic hydroxyl groups excluding tert-OH is 8. The first-order valence-electron chi connectivity index (χ1n) is 28.2. The average molecular weight is 998 g/mol. The van der Waals surface area contributed by atoms with Crippen molar-refractivity contribution in [3.05, 3.63) is 36.5 Å². The van der Waals surface area contributed by atoms with Crippen LogP contribution in [0.3, 0.4) is 0 Å². The van der Waals surface area contributed by atoms with E-state index in [0.717, 1.165) is 44.9 Å². The van der Waals surface area contributed by atoms with Crippen LogP contribution in [-0.4, -0.2) is 140 Å². The number of hydrogen-bond acceptors (Lipinski definition) is 13. The molecule has 2 aliphatic heterocycles. The molecule has 0 aromatic carbocycles. The minimum absolute atomic E-state index is 0.259. The molecule has 0 aromatic heterocycles. The molecule has 0 spiro atoms. The maximum absolute atomic E-state index is 13.1. The van der Waals surface area contributed by atoms with Crippen LogP contribution in [0.5, 0.6) is 0 Å². The topological polar surface area (TPSA) is 228 Å². The predicted molar refractivity (Wildman–Crippen MR) is 277 cm³/mol. The Morgan fingerprint density at radius 2 is 0.914 bits per heavy atom. The second kappa shape index (κ2) is 42.6. The zero-order valence-corrected chi connectivity index (χ0v) is 43.8. The highest BCUT2D eigenvalue weighted by atomic mass is 16.7. The fraction of sp³-hybridized carbons (Fsp3) is 0.875. The van der Waals surface area contributed by atoms with Gasteiger partial charge in [-0.05, 0) is 44.9 Å². The summed E-state index contributed by atoms with van der Waals surface area (Å²) in [5.74, 6) is -0.259. The summed E-state index contributed by atoms with van der Waals surface area (Å²) in [6.07, 6.45) is 33.8. The standard InChI is InChI=1S/C56H103NO13/c1-3-5-7-9-11-13-14-15-16-17-18-19-20-21-22-23-24-25-26-27-28-29-30-31-32-33-35-37-39-45(60)44(57-48(61)40-38-36-34-12-10-8-6-4-2)43-67-55-53(66)51(64)54(47(42-59)69-55)70-56-52(65)50(63)49(62)46(41-58)68-56/h27-28,31-32,37,39,44-47,49-56,58-60,62-66H,3-26,29-30,33-36,38,40-43H2,1-2H3,(H,57,61)/b28-27+,32-31+,39-37+. The van der Waals surface area contributed by atoms with Crippen molar-refractivity contribution in [1.82, 2.24) is 5.32 Å². The van der Waals surface area contributed by atoms with Crippen LogP contribution < -0.4 is 5.32 Å². The van der Waals surface area contributed by atoms with Crippen LogP contribution in [0.15, 0.2) is 36.5 Å². The van der Waals surface area contributed by atoms with Crippen molar-refractivity contribution in [3.63, 3.8) is 0 Å². The number of allylic oxidation sites excluding steroid dienone is 5. The molecule has 9 N–H and O–H groups in total. The van der Waals surface area contributed by atoms with Gasteiger partial charge in [0.25, 0.3) is 0 Å². The van der Waals surface area contributed by atoms with Crippen LogP contribution >= 0.6 is 0 Å². The van der Waals surface area contributed by atoms with Gasteiger partial charge in [0.15, 0.2) is 12.6 Å². The van der Waals surface area contributed by atoms with E-state index in [0.29, 0.717) is 12.8 Å². The Hall–Kier alpha value is -1.79. The van der Waals surface area contributed by atoms with Crippen molar-refractivity contribution in [3.8, 4) is 0 Å². The zero-order chi connectivity index (χ0) is 51.0. The van der Waals surface area contributed by atoms with Gasteiger partial charge in [-0.15, -0.1) is 0 Å². The smallest absolute Gasteiger partial charge is 0.220 e. The molecule has 70 heavy (non-hydrogen) atoms. The molecule has 0 aromatic rings. The van der Waals surface area contributed by atoms with E-state index in [1.807, 2.05) is 6.08 Å². The summed E-state index contributed by atoms with van der Waals surface area (Å²) >= 11 is 0. The summed E-state index contributed by atoms with van der Waals surface area (Å²) in [6.45, 7) is 2.73. The normalized spacial score (nSPS) is 26.2. The number of carbonyl (C=O) groups is 1. The Balaban J connectivity index is 1.72. The Morgan fingerprint density at radius 1 is 0.500 bits per heavy atom. The lowest BCUT2D eigenvalue weighted by molar-refractivity contribution is -0.359. The molecule has 2 saturated heterocycles. The molecule has 0 aliphatic carbocycles. The average Bonchev–Trinajstić information content (AvgIpc) is 3.36. The van der Waals surface area contributed by atoms with Crippen molar-refractivity contribution < 1.29 is 64.6 Å². The third-order valence-corrected chi connectivity index (χ3v) is 13.8. The van der Waals surface area contributed by atoms with E-state index < -0.39 is 86.8 Å². The maximum atomic E-state index is 13.1. The molecular weight excluding hydrogens is 895 g/mol. The van der Waals surface area contributed by atoms with E-state index in [-0.39, 0.29) is 18.9 Å². The second-order valence-electron chi connectivity index (χ2n) is 20.1. The molecule has 410 valence electrons. The third kappa shape index (κ3) is 28.6. The molecule has 2 rings (SSSR count). The van der Waals surface area contributed by atoms with Gasteiger partial charge in [-0.25, -0.2) is 0 Å². The van der Waals surface area contributed by atoms with E-state index >= 15 is 0 Å². The highest BCUT2D eigenvalue weighted by Gasteiger charge is 2.51. The number of carbonyl (C=O) groups excluding carboxylic acids is 1. The quantitative estimate of drug-likeness (QED) is 0.0206. The van der Waals surface area contributed by atoms with Gasteiger partial charge in [0.05, 0.1) is 32.0 Å². The minimum atomic E-state index is -1.79. The molecule has 14 nitrogen and oxygen atoms in total. The van der Waals surface area contributed by atoms with Crippen LogP contribution in [0.4, 0.5) is 0 Å². The van der Waals surface area contributed by atoms with Gasteiger partial charge in [0, 0.05) is 6.42 Å². The van der Waals surface area contributed by atoms with Gasteiger partial charge in [0.1, 0.15) is 48.8 Å². The maximum Gasteiger partial charge on any atom is 0.220 e. The highest BCUT2D eigenvalue weighted by Crippen LogP contribution is 2.30. The lowest BCUT2D eigenvalue weighted by Crippen LogP contribution is -2.65. The molecule has 2 fully saturated rings. The first-order valence-corrected chi connectivity index (χ1v) is 28.2. The van der Waals surface area contributed by atoms with E-state index in [2.05, 4.69) is 43.5 Å². The van der Waals surface area contributed by atoms with Gasteiger partial charge in [-0.1, -0.05) is 204 Å². The van der Waals surface area contributed by atoms with E-state index in [9.17, 15) is 45.6 Å². The van der Waals surface area contributed by atoms with Crippen LogP contribution in [0.2, 0.25) is 0 Å². The van der Waals surface area contributed by atoms with E-state index in [1.54, 1.807) is 6.08 Å². The van der Waals surface area contributed by atoms with E-state index in [1.165, 1.54) is 141 Å². The first-order chi connectivity index (χ1) is 34.1.